The summed E-state index contributed by atoms with van der Waals surface area (Å²) in [5.74, 6) is -0.131. The van der Waals surface area contributed by atoms with Crippen LogP contribution >= 0.6 is 0 Å². The summed E-state index contributed by atoms with van der Waals surface area (Å²) >= 11 is 0. The molecule has 1 aromatic rings. The Balaban J connectivity index is 2.09. The Bertz CT molecular complexity index is 546. The van der Waals surface area contributed by atoms with Crippen molar-refractivity contribution < 1.29 is 9.47 Å². The minimum atomic E-state index is -0.478. The maximum Gasteiger partial charge on any atom is 0.169 e. The maximum absolute atomic E-state index is 6.21. The van der Waals surface area contributed by atoms with E-state index in [1.54, 1.807) is 0 Å². The predicted octanol–water partition coefficient (Wildman–Crippen LogP) is 4.41. The third-order valence-electron chi connectivity index (χ3n) is 5.61. The summed E-state index contributed by atoms with van der Waals surface area (Å²) in [5, 5.41) is 0. The molecule has 3 unspecified atom stereocenters. The molecule has 1 aromatic carbocycles. The van der Waals surface area contributed by atoms with E-state index in [0.29, 0.717) is 12.5 Å². The number of hydrogen-bond acceptors (Lipinski definition) is 2. The van der Waals surface area contributed by atoms with Gasteiger partial charge in [0.15, 0.2) is 5.79 Å². The Labute approximate surface area is 128 Å². The van der Waals surface area contributed by atoms with Gasteiger partial charge in [0.2, 0.25) is 0 Å². The first-order chi connectivity index (χ1) is 9.67. The van der Waals surface area contributed by atoms with Crippen molar-refractivity contribution in [3.63, 3.8) is 0 Å². The van der Waals surface area contributed by atoms with Gasteiger partial charge in [-0.25, -0.2) is 0 Å². The van der Waals surface area contributed by atoms with Crippen molar-refractivity contribution in [2.45, 2.75) is 70.7 Å². The molecule has 0 saturated carbocycles. The van der Waals surface area contributed by atoms with Crippen LogP contribution in [0.5, 0.6) is 0 Å². The first-order valence-electron chi connectivity index (χ1n) is 8.08. The lowest BCUT2D eigenvalue weighted by Crippen LogP contribution is -2.52. The van der Waals surface area contributed by atoms with E-state index in [0.717, 1.165) is 6.42 Å². The highest BCUT2D eigenvalue weighted by atomic mass is 16.7. The first kappa shape index (κ1) is 15.1. The minimum absolute atomic E-state index is 0.0466. The smallest absolute Gasteiger partial charge is 0.169 e. The van der Waals surface area contributed by atoms with E-state index in [4.69, 9.17) is 9.47 Å². The largest absolute Gasteiger partial charge is 0.347 e. The van der Waals surface area contributed by atoms with Gasteiger partial charge in [-0.05, 0) is 42.2 Å². The fourth-order valence-electron chi connectivity index (χ4n) is 4.47. The number of rotatable bonds is 1. The lowest BCUT2D eigenvalue weighted by atomic mass is 9.56. The zero-order valence-electron chi connectivity index (χ0n) is 14.2. The van der Waals surface area contributed by atoms with Gasteiger partial charge in [-0.3, -0.25) is 0 Å². The second-order valence-electron chi connectivity index (χ2n) is 8.16. The Morgan fingerprint density at radius 1 is 1.00 bits per heavy atom. The van der Waals surface area contributed by atoms with Gasteiger partial charge < -0.3 is 9.47 Å². The third-order valence-corrected chi connectivity index (χ3v) is 5.61. The summed E-state index contributed by atoms with van der Waals surface area (Å²) in [6.45, 7) is 14.3. The highest BCUT2D eigenvalue weighted by molar-refractivity contribution is 5.42. The molecule has 0 radical (unpaired) electrons. The van der Waals surface area contributed by atoms with Crippen molar-refractivity contribution in [2.24, 2.45) is 5.92 Å². The number of ether oxygens (including phenoxy) is 2. The van der Waals surface area contributed by atoms with Crippen LogP contribution < -0.4 is 0 Å². The SMILES string of the molecule is CC1COC(C)(C2CC(C)(C)c3ccccc3C2(C)C)O1. The van der Waals surface area contributed by atoms with Crippen LogP contribution in [0.4, 0.5) is 0 Å². The lowest BCUT2D eigenvalue weighted by Gasteiger charge is -2.52. The van der Waals surface area contributed by atoms with Crippen LogP contribution in [0.25, 0.3) is 0 Å². The van der Waals surface area contributed by atoms with Crippen molar-refractivity contribution in [3.05, 3.63) is 35.4 Å². The van der Waals surface area contributed by atoms with Gasteiger partial charge in [0.25, 0.3) is 0 Å². The molecule has 116 valence electrons. The van der Waals surface area contributed by atoms with Crippen molar-refractivity contribution in [1.29, 1.82) is 0 Å². The van der Waals surface area contributed by atoms with E-state index < -0.39 is 5.79 Å². The summed E-state index contributed by atoms with van der Waals surface area (Å²) in [6.07, 6.45) is 1.27. The van der Waals surface area contributed by atoms with Crippen molar-refractivity contribution >= 4 is 0 Å². The Morgan fingerprint density at radius 3 is 2.19 bits per heavy atom. The van der Waals surface area contributed by atoms with Crippen LogP contribution in [0.3, 0.4) is 0 Å². The number of fused-ring (bicyclic) bond motifs is 1. The fraction of sp³-hybridized carbons (Fsp3) is 0.684. The average molecular weight is 288 g/mol. The molecular weight excluding hydrogens is 260 g/mol. The Kier molecular flexibility index (Phi) is 3.27. The summed E-state index contributed by atoms with van der Waals surface area (Å²) in [4.78, 5) is 0. The van der Waals surface area contributed by atoms with Gasteiger partial charge in [-0.15, -0.1) is 0 Å². The zero-order chi connectivity index (χ0) is 15.5. The highest BCUT2D eigenvalue weighted by Gasteiger charge is 2.55. The quantitative estimate of drug-likeness (QED) is 0.762. The Morgan fingerprint density at radius 2 is 1.62 bits per heavy atom. The summed E-state index contributed by atoms with van der Waals surface area (Å²) in [7, 11) is 0. The highest BCUT2D eigenvalue weighted by Crippen LogP contribution is 2.54. The predicted molar refractivity (Wildman–Crippen MR) is 85.5 cm³/mol. The van der Waals surface area contributed by atoms with Crippen LogP contribution in [0, 0.1) is 5.92 Å². The van der Waals surface area contributed by atoms with Gasteiger partial charge in [-0.2, -0.15) is 0 Å². The molecule has 0 N–H and O–H groups in total. The molecule has 0 spiro atoms. The van der Waals surface area contributed by atoms with E-state index in [2.05, 4.69) is 65.8 Å². The molecule has 2 heteroatoms. The second-order valence-corrected chi connectivity index (χ2v) is 8.16. The molecular formula is C19H28O2. The van der Waals surface area contributed by atoms with Crippen molar-refractivity contribution in [2.75, 3.05) is 6.61 Å². The van der Waals surface area contributed by atoms with Crippen LogP contribution in [-0.4, -0.2) is 18.5 Å². The van der Waals surface area contributed by atoms with Crippen molar-refractivity contribution in [3.8, 4) is 0 Å². The summed E-state index contributed by atoms with van der Waals surface area (Å²) in [5.41, 5.74) is 3.11. The van der Waals surface area contributed by atoms with Crippen LogP contribution in [-0.2, 0) is 20.3 Å². The van der Waals surface area contributed by atoms with E-state index in [9.17, 15) is 0 Å². The molecule has 0 aromatic heterocycles. The topological polar surface area (TPSA) is 18.5 Å². The molecule has 3 atom stereocenters. The maximum atomic E-state index is 6.21. The molecule has 21 heavy (non-hydrogen) atoms. The monoisotopic (exact) mass is 288 g/mol. The molecule has 0 amide bonds. The molecule has 1 aliphatic heterocycles. The first-order valence-corrected chi connectivity index (χ1v) is 8.08. The average Bonchev–Trinajstić information content (AvgIpc) is 2.75. The summed E-state index contributed by atoms with van der Waals surface area (Å²) < 4.78 is 12.3. The fourth-order valence-corrected chi connectivity index (χ4v) is 4.47. The van der Waals surface area contributed by atoms with Crippen molar-refractivity contribution in [1.82, 2.24) is 0 Å². The minimum Gasteiger partial charge on any atom is -0.347 e. The molecule has 1 aliphatic carbocycles. The molecule has 2 aliphatic rings. The normalized spacial score (nSPS) is 37.2. The Hall–Kier alpha value is -0.860. The molecule has 1 fully saturated rings. The van der Waals surface area contributed by atoms with Crippen LogP contribution in [0.2, 0.25) is 0 Å². The molecule has 2 nitrogen and oxygen atoms in total. The number of benzene rings is 1. The van der Waals surface area contributed by atoms with Gasteiger partial charge >= 0.3 is 0 Å². The zero-order valence-corrected chi connectivity index (χ0v) is 14.2. The molecule has 3 rings (SSSR count). The molecule has 1 heterocycles. The van der Waals surface area contributed by atoms with Crippen LogP contribution in [0.1, 0.15) is 59.1 Å². The van der Waals surface area contributed by atoms with E-state index >= 15 is 0 Å². The third kappa shape index (κ3) is 2.24. The van der Waals surface area contributed by atoms with E-state index in [1.807, 2.05) is 0 Å². The number of hydrogen-bond donors (Lipinski definition) is 0. The molecule has 0 bridgehead atoms. The molecule has 1 saturated heterocycles. The van der Waals surface area contributed by atoms with Crippen LogP contribution in [0.15, 0.2) is 24.3 Å². The summed E-state index contributed by atoms with van der Waals surface area (Å²) in [6, 6.07) is 8.88. The van der Waals surface area contributed by atoms with Gasteiger partial charge in [0.1, 0.15) is 0 Å². The van der Waals surface area contributed by atoms with Gasteiger partial charge in [-0.1, -0.05) is 52.0 Å². The van der Waals surface area contributed by atoms with E-state index in [1.165, 1.54) is 11.1 Å². The second kappa shape index (κ2) is 4.57. The van der Waals surface area contributed by atoms with Gasteiger partial charge in [0.05, 0.1) is 12.7 Å². The van der Waals surface area contributed by atoms with E-state index in [-0.39, 0.29) is 16.9 Å². The van der Waals surface area contributed by atoms with Gasteiger partial charge in [0, 0.05) is 5.92 Å². The lowest BCUT2D eigenvalue weighted by molar-refractivity contribution is -0.210. The standard InChI is InChI=1S/C19H28O2/c1-13-12-20-19(6,21-13)16-11-17(2,3)14-9-7-8-10-15(14)18(16,4)5/h7-10,13,16H,11-12H2,1-6H3.